The highest BCUT2D eigenvalue weighted by Gasteiger charge is 2.40. The summed E-state index contributed by atoms with van der Waals surface area (Å²) < 4.78 is 16.5. The minimum Gasteiger partial charge on any atom is -0.506 e. The quantitative estimate of drug-likeness (QED) is 0.255. The standard InChI is InChI=1S/C32H28O11/c1-31(39)9-14-5-13-7-19(41-3)26-23-15(6-16-25(29(23)38)17(33)8-20(42-4)27(16)36)10-32(2,40)12-21(35)43-30(26)24(13)28(37)22(14)18(34)11-31/h5-8,37-40H,9-12H2,1-4H3/t31-,32+/m0/s1. The fourth-order valence-corrected chi connectivity index (χ4v) is 6.45. The molecule has 11 nitrogen and oxygen atoms in total. The van der Waals surface area contributed by atoms with Crippen LogP contribution in [0.15, 0.2) is 30.0 Å². The highest BCUT2D eigenvalue weighted by atomic mass is 16.5. The highest BCUT2D eigenvalue weighted by Crippen LogP contribution is 2.54. The van der Waals surface area contributed by atoms with Gasteiger partial charge < -0.3 is 34.6 Å². The van der Waals surface area contributed by atoms with Gasteiger partial charge in [-0.15, -0.1) is 0 Å². The Morgan fingerprint density at radius 2 is 1.42 bits per heavy atom. The number of Topliss-reactive ketones (excluding diaryl/α,β-unsaturated/α-hetero) is 2. The van der Waals surface area contributed by atoms with Gasteiger partial charge >= 0.3 is 5.97 Å². The Labute approximate surface area is 244 Å². The van der Waals surface area contributed by atoms with Gasteiger partial charge in [-0.2, -0.15) is 0 Å². The van der Waals surface area contributed by atoms with Crippen LogP contribution in [0.1, 0.15) is 68.9 Å². The maximum absolute atomic E-state index is 13.2. The number of ether oxygens (including phenoxy) is 3. The third kappa shape index (κ3) is 4.34. The largest absolute Gasteiger partial charge is 0.506 e. The second-order valence-electron chi connectivity index (χ2n) is 11.8. The Kier molecular flexibility index (Phi) is 6.19. The zero-order chi connectivity index (χ0) is 31.2. The Bertz CT molecular complexity index is 1860. The number of ketones is 3. The monoisotopic (exact) mass is 588 g/mol. The molecule has 43 heavy (non-hydrogen) atoms. The molecule has 0 saturated heterocycles. The number of phenolic OH excluding ortho intramolecular Hbond substituents is 2. The third-order valence-corrected chi connectivity index (χ3v) is 8.15. The van der Waals surface area contributed by atoms with E-state index in [0.29, 0.717) is 10.9 Å². The lowest BCUT2D eigenvalue weighted by Gasteiger charge is -2.30. The number of methoxy groups -OCH3 is 2. The van der Waals surface area contributed by atoms with Crippen molar-refractivity contribution in [3.05, 3.63) is 57.9 Å². The molecule has 1 heterocycles. The van der Waals surface area contributed by atoms with Gasteiger partial charge in [-0.1, -0.05) is 0 Å². The number of aromatic hydroxyl groups is 2. The molecule has 0 spiro atoms. The molecule has 0 fully saturated rings. The summed E-state index contributed by atoms with van der Waals surface area (Å²) in [6.45, 7) is 2.90. The first-order valence-corrected chi connectivity index (χ1v) is 13.5. The fourth-order valence-electron chi connectivity index (χ4n) is 6.45. The van der Waals surface area contributed by atoms with Crippen LogP contribution in [-0.4, -0.2) is 69.2 Å². The number of benzene rings is 3. The van der Waals surface area contributed by atoms with Crippen LogP contribution in [0.4, 0.5) is 0 Å². The number of aliphatic hydroxyl groups is 2. The van der Waals surface area contributed by atoms with E-state index in [1.165, 1.54) is 40.2 Å². The van der Waals surface area contributed by atoms with E-state index in [0.717, 1.165) is 6.08 Å². The van der Waals surface area contributed by atoms with Gasteiger partial charge in [0, 0.05) is 36.5 Å². The molecule has 0 radical (unpaired) electrons. The summed E-state index contributed by atoms with van der Waals surface area (Å²) in [5.41, 5.74) is -3.13. The van der Waals surface area contributed by atoms with Crippen molar-refractivity contribution in [2.24, 2.45) is 0 Å². The Morgan fingerprint density at radius 1 is 0.767 bits per heavy atom. The summed E-state index contributed by atoms with van der Waals surface area (Å²) in [7, 11) is 2.56. The van der Waals surface area contributed by atoms with Crippen LogP contribution in [0.25, 0.3) is 21.9 Å². The van der Waals surface area contributed by atoms with Gasteiger partial charge in [-0.05, 0) is 48.6 Å². The fraction of sp³-hybridized carbons (Fsp3) is 0.312. The van der Waals surface area contributed by atoms with E-state index in [-0.39, 0.29) is 75.3 Å². The van der Waals surface area contributed by atoms with Crippen LogP contribution in [0, 0.1) is 0 Å². The van der Waals surface area contributed by atoms with Crippen molar-refractivity contribution in [2.45, 2.75) is 50.7 Å². The molecule has 2 atom stereocenters. The minimum absolute atomic E-state index is 0.0383. The molecule has 3 aliphatic rings. The Hall–Kier alpha value is -4.74. The maximum atomic E-state index is 13.2. The molecule has 0 saturated carbocycles. The van der Waals surface area contributed by atoms with Crippen LogP contribution in [0.3, 0.4) is 0 Å². The lowest BCUT2D eigenvalue weighted by molar-refractivity contribution is -0.138. The molecular weight excluding hydrogens is 560 g/mol. The molecular formula is C32H28O11. The van der Waals surface area contributed by atoms with E-state index < -0.39 is 52.4 Å². The Balaban J connectivity index is 1.76. The topological polar surface area (TPSA) is 177 Å². The summed E-state index contributed by atoms with van der Waals surface area (Å²) in [4.78, 5) is 52.7. The number of carbonyl (C=O) groups excluding carboxylic acids is 4. The van der Waals surface area contributed by atoms with Gasteiger partial charge in [-0.25, -0.2) is 0 Å². The average molecular weight is 589 g/mol. The van der Waals surface area contributed by atoms with E-state index >= 15 is 0 Å². The van der Waals surface area contributed by atoms with Crippen LogP contribution < -0.4 is 9.47 Å². The van der Waals surface area contributed by atoms with Crippen molar-refractivity contribution < 1.29 is 53.8 Å². The van der Waals surface area contributed by atoms with Crippen molar-refractivity contribution in [2.75, 3.05) is 14.2 Å². The van der Waals surface area contributed by atoms with Crippen LogP contribution in [-0.2, 0) is 22.4 Å². The second kappa shape index (κ2) is 9.38. The van der Waals surface area contributed by atoms with E-state index in [4.69, 9.17) is 14.2 Å². The third-order valence-electron chi connectivity index (χ3n) is 8.15. The van der Waals surface area contributed by atoms with E-state index in [1.54, 1.807) is 6.07 Å². The van der Waals surface area contributed by atoms with Crippen molar-refractivity contribution in [1.82, 2.24) is 0 Å². The molecule has 0 amide bonds. The molecule has 6 rings (SSSR count). The number of carbonyl (C=O) groups is 4. The molecule has 222 valence electrons. The molecule has 0 bridgehead atoms. The summed E-state index contributed by atoms with van der Waals surface area (Å²) in [6.07, 6.45) is 0.00686. The van der Waals surface area contributed by atoms with Crippen LogP contribution in [0.5, 0.6) is 23.0 Å². The smallest absolute Gasteiger partial charge is 0.314 e. The molecule has 3 aromatic carbocycles. The number of rotatable bonds is 2. The molecule has 3 aromatic rings. The summed E-state index contributed by atoms with van der Waals surface area (Å²) >= 11 is 0. The highest BCUT2D eigenvalue weighted by molar-refractivity contribution is 6.26. The SMILES string of the molecule is COC1=CC(=O)c2c(cc3c(c2O)-c2c(OC)cc4cc5c(c(O)c4c2OC(=O)C[C@](C)(O)C3)C(=O)C[C@@](C)(O)C5)C1=O. The zero-order valence-corrected chi connectivity index (χ0v) is 23.8. The van der Waals surface area contributed by atoms with Crippen LogP contribution in [0.2, 0.25) is 0 Å². The van der Waals surface area contributed by atoms with E-state index in [2.05, 4.69) is 0 Å². The summed E-state index contributed by atoms with van der Waals surface area (Å²) in [6, 6.07) is 4.44. The molecule has 2 aliphatic carbocycles. The molecule has 0 unspecified atom stereocenters. The van der Waals surface area contributed by atoms with Crippen LogP contribution >= 0.6 is 0 Å². The summed E-state index contributed by atoms with van der Waals surface area (Å²) in [5, 5.41) is 45.4. The van der Waals surface area contributed by atoms with E-state index in [1.807, 2.05) is 0 Å². The number of esters is 1. The van der Waals surface area contributed by atoms with Crippen molar-refractivity contribution in [3.8, 4) is 34.1 Å². The maximum Gasteiger partial charge on any atom is 0.314 e. The van der Waals surface area contributed by atoms with Gasteiger partial charge in [0.1, 0.15) is 17.2 Å². The average Bonchev–Trinajstić information content (AvgIpc) is 2.92. The second-order valence-corrected chi connectivity index (χ2v) is 11.8. The summed E-state index contributed by atoms with van der Waals surface area (Å²) in [5.74, 6) is -4.36. The normalized spacial score (nSPS) is 23.2. The van der Waals surface area contributed by atoms with Gasteiger partial charge in [0.05, 0.1) is 53.9 Å². The predicted octanol–water partition coefficient (Wildman–Crippen LogP) is 3.32. The molecule has 11 heteroatoms. The number of phenols is 2. The minimum atomic E-state index is -1.73. The van der Waals surface area contributed by atoms with E-state index in [9.17, 15) is 39.6 Å². The van der Waals surface area contributed by atoms with Crippen molar-refractivity contribution in [3.63, 3.8) is 0 Å². The number of hydrogen-bond acceptors (Lipinski definition) is 11. The first-order valence-electron chi connectivity index (χ1n) is 13.5. The lowest BCUT2D eigenvalue weighted by atomic mass is 9.78. The number of fused-ring (bicyclic) bond motifs is 7. The molecule has 1 aliphatic heterocycles. The van der Waals surface area contributed by atoms with Gasteiger partial charge in [0.25, 0.3) is 0 Å². The van der Waals surface area contributed by atoms with Crippen molar-refractivity contribution in [1.29, 1.82) is 0 Å². The molecule has 0 aromatic heterocycles. The molecule has 4 N–H and O–H groups in total. The Morgan fingerprint density at radius 3 is 2.07 bits per heavy atom. The first-order chi connectivity index (χ1) is 20.2. The van der Waals surface area contributed by atoms with Gasteiger partial charge in [0.2, 0.25) is 5.78 Å². The predicted molar refractivity (Wildman–Crippen MR) is 151 cm³/mol. The van der Waals surface area contributed by atoms with Gasteiger partial charge in [-0.3, -0.25) is 19.2 Å². The first kappa shape index (κ1) is 28.4. The van der Waals surface area contributed by atoms with Crippen molar-refractivity contribution >= 4 is 34.1 Å². The zero-order valence-electron chi connectivity index (χ0n) is 23.8. The number of allylic oxidation sites excluding steroid dienone is 2. The van der Waals surface area contributed by atoms with Gasteiger partial charge in [0.15, 0.2) is 23.1 Å². The lowest BCUT2D eigenvalue weighted by Crippen LogP contribution is -2.35. The number of hydrogen-bond donors (Lipinski definition) is 4.